The summed E-state index contributed by atoms with van der Waals surface area (Å²) in [4.78, 5) is 14.9. The third kappa shape index (κ3) is 6.18. The molecule has 8 nitrogen and oxygen atoms in total. The summed E-state index contributed by atoms with van der Waals surface area (Å²) in [5, 5.41) is 18.2. The number of aromatic nitrogens is 1. The van der Waals surface area contributed by atoms with Crippen molar-refractivity contribution < 1.29 is 38.0 Å². The summed E-state index contributed by atoms with van der Waals surface area (Å²) in [6.45, 7) is 1.66. The number of carboxylic acid groups (broad SMARTS) is 1. The predicted octanol–water partition coefficient (Wildman–Crippen LogP) is 3.89. The quantitative estimate of drug-likeness (QED) is 0.382. The van der Waals surface area contributed by atoms with Crippen molar-refractivity contribution in [1.82, 2.24) is 4.98 Å². The van der Waals surface area contributed by atoms with Gasteiger partial charge in [0.15, 0.2) is 17.7 Å². The Bertz CT molecular complexity index is 1160. The molecule has 1 atom stereocenters. The number of ether oxygens (including phenoxy) is 3. The molecular formula is C24H24F2N2O6. The van der Waals surface area contributed by atoms with Crippen molar-refractivity contribution in [2.45, 2.75) is 26.0 Å². The molecule has 10 heteroatoms. The predicted molar refractivity (Wildman–Crippen MR) is 119 cm³/mol. The van der Waals surface area contributed by atoms with Gasteiger partial charge in [0.05, 0.1) is 6.61 Å². The van der Waals surface area contributed by atoms with Gasteiger partial charge in [0.25, 0.3) is 11.8 Å². The van der Waals surface area contributed by atoms with Crippen LogP contribution in [0.25, 0.3) is 11.1 Å². The minimum atomic E-state index is -1.36. The van der Waals surface area contributed by atoms with Crippen LogP contribution >= 0.6 is 0 Å². The van der Waals surface area contributed by atoms with Crippen LogP contribution in [0.1, 0.15) is 18.9 Å². The molecule has 0 saturated heterocycles. The number of pyridine rings is 1. The molecule has 1 heterocycles. The van der Waals surface area contributed by atoms with E-state index in [1.807, 2.05) is 24.3 Å². The summed E-state index contributed by atoms with van der Waals surface area (Å²) >= 11 is 0. The van der Waals surface area contributed by atoms with Gasteiger partial charge >= 0.3 is 5.97 Å². The number of benzene rings is 2. The highest BCUT2D eigenvalue weighted by atomic mass is 19.1. The van der Waals surface area contributed by atoms with Gasteiger partial charge in [0.2, 0.25) is 0 Å². The van der Waals surface area contributed by atoms with Crippen LogP contribution in [-0.4, -0.2) is 40.5 Å². The zero-order valence-electron chi connectivity index (χ0n) is 18.3. The van der Waals surface area contributed by atoms with Crippen LogP contribution < -0.4 is 19.9 Å². The first kappa shape index (κ1) is 24.9. The number of hydrogen-bond acceptors (Lipinski definition) is 7. The summed E-state index contributed by atoms with van der Waals surface area (Å²) in [5.41, 5.74) is 8.04. The van der Waals surface area contributed by atoms with E-state index in [4.69, 9.17) is 30.2 Å². The Balaban J connectivity index is 1.99. The molecule has 0 saturated carbocycles. The van der Waals surface area contributed by atoms with Crippen LogP contribution in [0.5, 0.6) is 23.3 Å². The number of nitrogens with zero attached hydrogens (tertiary/aromatic N) is 1. The van der Waals surface area contributed by atoms with Crippen molar-refractivity contribution in [3.63, 3.8) is 0 Å². The highest BCUT2D eigenvalue weighted by Crippen LogP contribution is 2.34. The monoisotopic (exact) mass is 474 g/mol. The Morgan fingerprint density at radius 1 is 1.06 bits per heavy atom. The molecule has 34 heavy (non-hydrogen) atoms. The van der Waals surface area contributed by atoms with Gasteiger partial charge in [-0.3, -0.25) is 0 Å². The van der Waals surface area contributed by atoms with E-state index in [-0.39, 0.29) is 25.4 Å². The van der Waals surface area contributed by atoms with Crippen molar-refractivity contribution in [3.8, 4) is 34.4 Å². The number of halogens is 2. The Morgan fingerprint density at radius 2 is 1.79 bits per heavy atom. The van der Waals surface area contributed by atoms with Crippen LogP contribution in [0.2, 0.25) is 0 Å². The van der Waals surface area contributed by atoms with Crippen molar-refractivity contribution in [3.05, 3.63) is 65.7 Å². The van der Waals surface area contributed by atoms with E-state index in [0.29, 0.717) is 23.9 Å². The molecule has 0 aliphatic heterocycles. The molecule has 0 bridgehead atoms. The molecule has 0 unspecified atom stereocenters. The zero-order chi connectivity index (χ0) is 24.7. The van der Waals surface area contributed by atoms with E-state index in [0.717, 1.165) is 11.1 Å². The van der Waals surface area contributed by atoms with E-state index < -0.39 is 35.5 Å². The zero-order valence-corrected chi connectivity index (χ0v) is 18.3. The standard InChI is InChI=1S/C24H24F2N2O6/c1-2-21(24(30)31)34-23-20(26)12-19(25)22(28-23)33-18-10-16(9-17(11-18)32-7-6-29)15-5-3-4-14(8-15)13-27/h3-5,8-12,21,29H,2,6-7,13,27H2,1H3,(H,30,31)/t21-/m1/s1. The van der Waals surface area contributed by atoms with E-state index in [9.17, 15) is 13.6 Å². The lowest BCUT2D eigenvalue weighted by atomic mass is 10.0. The van der Waals surface area contributed by atoms with E-state index in [1.165, 1.54) is 13.0 Å². The molecular weight excluding hydrogens is 450 g/mol. The maximum absolute atomic E-state index is 14.4. The normalized spacial score (nSPS) is 11.7. The number of aliphatic hydroxyl groups is 1. The third-order valence-electron chi connectivity index (χ3n) is 4.72. The Kier molecular flexibility index (Phi) is 8.34. The minimum Gasteiger partial charge on any atom is -0.491 e. The molecule has 0 aliphatic rings. The van der Waals surface area contributed by atoms with Gasteiger partial charge in [-0.05, 0) is 41.3 Å². The molecule has 0 fully saturated rings. The molecule has 0 aliphatic carbocycles. The molecule has 0 radical (unpaired) electrons. The maximum Gasteiger partial charge on any atom is 0.344 e. The van der Waals surface area contributed by atoms with Crippen molar-refractivity contribution in [2.75, 3.05) is 13.2 Å². The smallest absolute Gasteiger partial charge is 0.344 e. The number of aliphatic hydroxyl groups excluding tert-OH is 1. The first-order valence-electron chi connectivity index (χ1n) is 10.5. The lowest BCUT2D eigenvalue weighted by molar-refractivity contribution is -0.145. The van der Waals surface area contributed by atoms with Crippen molar-refractivity contribution in [1.29, 1.82) is 0 Å². The maximum atomic E-state index is 14.4. The Labute approximate surface area is 194 Å². The summed E-state index contributed by atoms with van der Waals surface area (Å²) in [6, 6.07) is 12.7. The van der Waals surface area contributed by atoms with Crippen LogP contribution in [0.3, 0.4) is 0 Å². The average Bonchev–Trinajstić information content (AvgIpc) is 2.83. The van der Waals surface area contributed by atoms with Crippen LogP contribution in [0, 0.1) is 11.6 Å². The summed E-state index contributed by atoms with van der Waals surface area (Å²) < 4.78 is 44.8. The van der Waals surface area contributed by atoms with Crippen molar-refractivity contribution >= 4 is 5.97 Å². The van der Waals surface area contributed by atoms with Gasteiger partial charge < -0.3 is 30.2 Å². The fourth-order valence-electron chi connectivity index (χ4n) is 3.06. The molecule has 0 amide bonds. The first-order chi connectivity index (χ1) is 16.3. The summed E-state index contributed by atoms with van der Waals surface area (Å²) in [6.07, 6.45) is -1.32. The third-order valence-corrected chi connectivity index (χ3v) is 4.72. The van der Waals surface area contributed by atoms with Crippen LogP contribution in [0.15, 0.2) is 48.5 Å². The number of hydrogen-bond donors (Lipinski definition) is 3. The molecule has 0 spiro atoms. The van der Waals surface area contributed by atoms with Crippen LogP contribution in [0.4, 0.5) is 8.78 Å². The number of rotatable bonds is 11. The SMILES string of the molecule is CC[C@@H](Oc1nc(Oc2cc(OCCO)cc(-c3cccc(CN)c3)c2)c(F)cc1F)C(=O)O. The Hall–Kier alpha value is -3.76. The molecule has 2 aromatic carbocycles. The number of carboxylic acids is 1. The average molecular weight is 474 g/mol. The van der Waals surface area contributed by atoms with E-state index in [1.54, 1.807) is 12.1 Å². The van der Waals surface area contributed by atoms with E-state index >= 15 is 0 Å². The number of aliphatic carboxylic acids is 1. The van der Waals surface area contributed by atoms with Crippen LogP contribution in [-0.2, 0) is 11.3 Å². The second-order valence-electron chi connectivity index (χ2n) is 7.19. The van der Waals surface area contributed by atoms with Gasteiger partial charge in [0.1, 0.15) is 18.1 Å². The fourth-order valence-corrected chi connectivity index (χ4v) is 3.06. The first-order valence-corrected chi connectivity index (χ1v) is 10.5. The number of nitrogens with two attached hydrogens (primary N) is 1. The lowest BCUT2D eigenvalue weighted by Gasteiger charge is -2.15. The highest BCUT2D eigenvalue weighted by molar-refractivity contribution is 5.72. The molecule has 3 rings (SSSR count). The van der Waals surface area contributed by atoms with Gasteiger partial charge in [-0.1, -0.05) is 25.1 Å². The van der Waals surface area contributed by atoms with Gasteiger partial charge in [-0.2, -0.15) is 4.98 Å². The second-order valence-corrected chi connectivity index (χ2v) is 7.19. The van der Waals surface area contributed by atoms with Gasteiger partial charge in [-0.25, -0.2) is 13.6 Å². The molecule has 4 N–H and O–H groups in total. The number of carbonyl (C=O) groups is 1. The fraction of sp³-hybridized carbons (Fsp3) is 0.250. The van der Waals surface area contributed by atoms with E-state index in [2.05, 4.69) is 4.98 Å². The van der Waals surface area contributed by atoms with Gasteiger partial charge in [0, 0.05) is 18.7 Å². The lowest BCUT2D eigenvalue weighted by Crippen LogP contribution is -2.26. The minimum absolute atomic E-state index is 0.0144. The largest absolute Gasteiger partial charge is 0.491 e. The topological polar surface area (TPSA) is 124 Å². The summed E-state index contributed by atoms with van der Waals surface area (Å²) in [5.74, 6) is -4.46. The summed E-state index contributed by atoms with van der Waals surface area (Å²) in [7, 11) is 0. The van der Waals surface area contributed by atoms with Gasteiger partial charge in [-0.15, -0.1) is 0 Å². The molecule has 180 valence electrons. The van der Waals surface area contributed by atoms with Crippen molar-refractivity contribution in [2.24, 2.45) is 5.73 Å². The highest BCUT2D eigenvalue weighted by Gasteiger charge is 2.22. The second kappa shape index (κ2) is 11.4. The molecule has 1 aromatic heterocycles. The Morgan fingerprint density at radius 3 is 2.47 bits per heavy atom. The molecule has 3 aromatic rings.